The highest BCUT2D eigenvalue weighted by atomic mass is 19.1. The third-order valence-corrected chi connectivity index (χ3v) is 7.77. The van der Waals surface area contributed by atoms with Gasteiger partial charge in [0.05, 0.1) is 29.0 Å². The van der Waals surface area contributed by atoms with E-state index in [2.05, 4.69) is 25.8 Å². The topological polar surface area (TPSA) is 139 Å². The minimum atomic E-state index is -0.676. The van der Waals surface area contributed by atoms with Crippen LogP contribution in [0.5, 0.6) is 11.5 Å². The third-order valence-electron chi connectivity index (χ3n) is 7.77. The number of nitrogens with one attached hydrogen (secondary N) is 3. The van der Waals surface area contributed by atoms with Gasteiger partial charge in [-0.05, 0) is 68.7 Å². The molecule has 3 amide bonds. The molecule has 13 heteroatoms. The van der Waals surface area contributed by atoms with Crippen molar-refractivity contribution in [1.82, 2.24) is 29.9 Å². The maximum Gasteiger partial charge on any atom is 0.410 e. The lowest BCUT2D eigenvalue weighted by molar-refractivity contribution is 0.0224. The predicted molar refractivity (Wildman–Crippen MR) is 184 cm³/mol. The van der Waals surface area contributed by atoms with Gasteiger partial charge in [0.2, 0.25) is 0 Å². The Labute approximate surface area is 283 Å². The van der Waals surface area contributed by atoms with Gasteiger partial charge in [-0.2, -0.15) is 10.2 Å². The molecule has 49 heavy (non-hydrogen) atoms. The maximum atomic E-state index is 15.2. The Bertz CT molecular complexity index is 1990. The number of carbonyl (C=O) groups is 2. The molecule has 3 N–H and O–H groups in total. The van der Waals surface area contributed by atoms with Crippen molar-refractivity contribution >= 4 is 23.6 Å². The van der Waals surface area contributed by atoms with Crippen LogP contribution in [0.15, 0.2) is 73.2 Å². The summed E-state index contributed by atoms with van der Waals surface area (Å²) in [6, 6.07) is 14.6. The van der Waals surface area contributed by atoms with Gasteiger partial charge in [0, 0.05) is 54.7 Å². The zero-order valence-electron chi connectivity index (χ0n) is 28.3. The van der Waals surface area contributed by atoms with Gasteiger partial charge in [-0.15, -0.1) is 0 Å². The summed E-state index contributed by atoms with van der Waals surface area (Å²) in [5, 5.41) is 16.9. The first-order valence-corrected chi connectivity index (χ1v) is 15.9. The molecule has 0 saturated carbocycles. The lowest BCUT2D eigenvalue weighted by Crippen LogP contribution is -2.39. The van der Waals surface area contributed by atoms with E-state index in [4.69, 9.17) is 14.6 Å². The molecule has 3 aromatic heterocycles. The van der Waals surface area contributed by atoms with Crippen molar-refractivity contribution in [3.8, 4) is 28.4 Å². The number of carbonyl (C=O) groups excluding carboxylic acids is 2. The van der Waals surface area contributed by atoms with Crippen LogP contribution in [0.4, 0.5) is 25.5 Å². The van der Waals surface area contributed by atoms with Crippen LogP contribution in [0.3, 0.4) is 0 Å². The summed E-state index contributed by atoms with van der Waals surface area (Å²) in [6.45, 7) is 12.6. The number of aromatic amines is 1. The lowest BCUT2D eigenvalue weighted by Gasteiger charge is -2.31. The van der Waals surface area contributed by atoms with Gasteiger partial charge in [0.15, 0.2) is 0 Å². The molecule has 2 aromatic carbocycles. The fourth-order valence-corrected chi connectivity index (χ4v) is 5.28. The van der Waals surface area contributed by atoms with Gasteiger partial charge in [0.25, 0.3) is 0 Å². The molecule has 0 bridgehead atoms. The van der Waals surface area contributed by atoms with E-state index in [1.54, 1.807) is 52.4 Å². The molecule has 0 atom stereocenters. The second-order valence-electron chi connectivity index (χ2n) is 13.9. The SMILES string of the molecule is CC(C)(C)OC(=O)N1CCc2ccc(-n3nc(C(C)(C)C)cc3NC(=O)Nc3ccc(Oc4ccnc(-c5cn[nH]c5)c4)cc3F)cc2C1. The molecule has 1 aliphatic rings. The fourth-order valence-electron chi connectivity index (χ4n) is 5.28. The van der Waals surface area contributed by atoms with Crippen molar-refractivity contribution in [1.29, 1.82) is 0 Å². The second-order valence-corrected chi connectivity index (χ2v) is 13.9. The average molecular weight is 667 g/mol. The number of aromatic nitrogens is 5. The fraction of sp³-hybridized carbons (Fsp3) is 0.306. The Hall–Kier alpha value is -5.72. The van der Waals surface area contributed by atoms with Gasteiger partial charge in [-0.25, -0.2) is 18.7 Å². The molecule has 5 aromatic rings. The quantitative estimate of drug-likeness (QED) is 0.168. The summed E-state index contributed by atoms with van der Waals surface area (Å²) >= 11 is 0. The maximum absolute atomic E-state index is 15.2. The monoisotopic (exact) mass is 666 g/mol. The van der Waals surface area contributed by atoms with Gasteiger partial charge in [-0.3, -0.25) is 15.4 Å². The first-order valence-electron chi connectivity index (χ1n) is 15.9. The van der Waals surface area contributed by atoms with E-state index in [1.807, 2.05) is 59.7 Å². The van der Waals surface area contributed by atoms with Crippen molar-refractivity contribution in [2.24, 2.45) is 0 Å². The molecule has 1 aliphatic heterocycles. The number of hydrogen-bond donors (Lipinski definition) is 3. The average Bonchev–Trinajstić information content (AvgIpc) is 3.72. The molecule has 0 aliphatic carbocycles. The van der Waals surface area contributed by atoms with E-state index in [9.17, 15) is 9.59 Å². The van der Waals surface area contributed by atoms with Crippen LogP contribution < -0.4 is 15.4 Å². The molecule has 12 nitrogen and oxygen atoms in total. The van der Waals surface area contributed by atoms with E-state index in [0.717, 1.165) is 22.4 Å². The van der Waals surface area contributed by atoms with Crippen LogP contribution in [0.2, 0.25) is 0 Å². The lowest BCUT2D eigenvalue weighted by atomic mass is 9.92. The number of nitrogens with zero attached hydrogens (tertiary/aromatic N) is 5. The number of anilines is 2. The molecule has 0 fully saturated rings. The van der Waals surface area contributed by atoms with Crippen LogP contribution in [-0.2, 0) is 23.1 Å². The smallest absolute Gasteiger partial charge is 0.410 e. The van der Waals surface area contributed by atoms with Gasteiger partial charge in [-0.1, -0.05) is 26.8 Å². The van der Waals surface area contributed by atoms with Crippen LogP contribution in [0.1, 0.15) is 58.4 Å². The number of amides is 3. The van der Waals surface area contributed by atoms with E-state index in [0.29, 0.717) is 42.5 Å². The van der Waals surface area contributed by atoms with Crippen LogP contribution in [0.25, 0.3) is 16.9 Å². The second kappa shape index (κ2) is 13.1. The van der Waals surface area contributed by atoms with E-state index >= 15 is 4.39 Å². The van der Waals surface area contributed by atoms with Crippen molar-refractivity contribution in [2.75, 3.05) is 17.2 Å². The van der Waals surface area contributed by atoms with Crippen molar-refractivity contribution in [2.45, 2.75) is 65.5 Å². The molecular weight excluding hydrogens is 627 g/mol. The van der Waals surface area contributed by atoms with Crippen molar-refractivity contribution in [3.63, 3.8) is 0 Å². The summed E-state index contributed by atoms with van der Waals surface area (Å²) in [6.07, 6.45) is 5.28. The Morgan fingerprint density at radius 2 is 1.73 bits per heavy atom. The van der Waals surface area contributed by atoms with Gasteiger partial charge in [0.1, 0.15) is 28.7 Å². The number of H-pyrrole nitrogens is 1. The standard InChI is InChI=1S/C36H39FN8O4/c1-35(2,3)31-18-32(45(43-31)25-8-7-22-12-14-44(21-23(22)15-25)34(47)49-36(4,5)6)42-33(46)41-29-10-9-26(16-28(29)37)48-27-11-13-38-30(17-27)24-19-39-40-20-24/h7-11,13,15-20H,12,14,21H2,1-6H3,(H,39,40)(H2,41,42,46). The molecular formula is C36H39FN8O4. The Kier molecular flexibility index (Phi) is 8.84. The highest BCUT2D eigenvalue weighted by Crippen LogP contribution is 2.31. The van der Waals surface area contributed by atoms with Crippen LogP contribution >= 0.6 is 0 Å². The molecule has 0 unspecified atom stereocenters. The summed E-state index contributed by atoms with van der Waals surface area (Å²) in [7, 11) is 0. The minimum Gasteiger partial charge on any atom is -0.457 e. The molecule has 254 valence electrons. The van der Waals surface area contributed by atoms with Gasteiger partial charge >= 0.3 is 12.1 Å². The van der Waals surface area contributed by atoms with Crippen molar-refractivity contribution in [3.05, 3.63) is 95.8 Å². The number of pyridine rings is 1. The number of benzene rings is 2. The number of rotatable bonds is 6. The van der Waals surface area contributed by atoms with Crippen LogP contribution in [-0.4, -0.2) is 54.1 Å². The number of fused-ring (bicyclic) bond motifs is 1. The molecule has 0 saturated heterocycles. The Morgan fingerprint density at radius 1 is 0.939 bits per heavy atom. The summed E-state index contributed by atoms with van der Waals surface area (Å²) in [4.78, 5) is 32.0. The number of halogens is 1. The highest BCUT2D eigenvalue weighted by molar-refractivity contribution is 5.99. The van der Waals surface area contributed by atoms with E-state index < -0.39 is 17.4 Å². The largest absolute Gasteiger partial charge is 0.457 e. The number of hydrogen-bond acceptors (Lipinski definition) is 7. The minimum absolute atomic E-state index is 0.0308. The first-order chi connectivity index (χ1) is 23.2. The highest BCUT2D eigenvalue weighted by Gasteiger charge is 2.27. The zero-order chi connectivity index (χ0) is 34.9. The van der Waals surface area contributed by atoms with Gasteiger partial charge < -0.3 is 19.7 Å². The summed E-state index contributed by atoms with van der Waals surface area (Å²) in [5.74, 6) is 0.434. The predicted octanol–water partition coefficient (Wildman–Crippen LogP) is 7.82. The first kappa shape index (κ1) is 33.2. The normalized spacial score (nSPS) is 13.1. The molecule has 0 radical (unpaired) electrons. The molecule has 6 rings (SSSR count). The third kappa shape index (κ3) is 7.88. The Morgan fingerprint density at radius 3 is 2.45 bits per heavy atom. The molecule has 0 spiro atoms. The van der Waals surface area contributed by atoms with E-state index in [-0.39, 0.29) is 22.9 Å². The summed E-state index contributed by atoms with van der Waals surface area (Å²) < 4.78 is 28.3. The van der Waals surface area contributed by atoms with E-state index in [1.165, 1.54) is 12.1 Å². The van der Waals surface area contributed by atoms with Crippen molar-refractivity contribution < 1.29 is 23.5 Å². The van der Waals surface area contributed by atoms with Crippen LogP contribution in [0, 0.1) is 5.82 Å². The molecule has 4 heterocycles. The Balaban J connectivity index is 1.18. The summed E-state index contributed by atoms with van der Waals surface area (Å²) in [5.41, 5.74) is 4.03. The zero-order valence-corrected chi connectivity index (χ0v) is 28.3. The number of ether oxygens (including phenoxy) is 2. The number of urea groups is 1.